The van der Waals surface area contributed by atoms with Gasteiger partial charge < -0.3 is 15.0 Å². The predicted octanol–water partition coefficient (Wildman–Crippen LogP) is 3.14. The Morgan fingerprint density at radius 2 is 1.88 bits per heavy atom. The summed E-state index contributed by atoms with van der Waals surface area (Å²) in [5.74, 6) is 0.258. The molecule has 1 aromatic heterocycles. The zero-order valence-electron chi connectivity index (χ0n) is 14.6. The van der Waals surface area contributed by atoms with Crippen LogP contribution in [-0.4, -0.2) is 42.2 Å². The fourth-order valence-corrected chi connectivity index (χ4v) is 3.19. The van der Waals surface area contributed by atoms with Crippen LogP contribution in [0.3, 0.4) is 0 Å². The van der Waals surface area contributed by atoms with Crippen molar-refractivity contribution in [1.82, 2.24) is 9.97 Å². The largest absolute Gasteiger partial charge is 0.378 e. The van der Waals surface area contributed by atoms with Gasteiger partial charge in [-0.05, 0) is 44.0 Å². The van der Waals surface area contributed by atoms with E-state index >= 15 is 0 Å². The van der Waals surface area contributed by atoms with Crippen molar-refractivity contribution in [2.75, 3.05) is 36.5 Å². The van der Waals surface area contributed by atoms with Gasteiger partial charge in [0.2, 0.25) is 5.95 Å². The number of ether oxygens (including phenoxy) is 1. The number of carbonyl (C=O) groups excluding carboxylic acids is 1. The molecular weight excluding hydrogens is 340 g/mol. The molecule has 0 unspecified atom stereocenters. The lowest BCUT2D eigenvalue weighted by Gasteiger charge is -2.27. The molecule has 7 heteroatoms. The number of benzene rings is 1. The van der Waals surface area contributed by atoms with Gasteiger partial charge in [0.25, 0.3) is 5.91 Å². The Morgan fingerprint density at radius 1 is 1.16 bits per heavy atom. The molecular formula is C18H21ClN4O2. The Labute approximate surface area is 152 Å². The van der Waals surface area contributed by atoms with Gasteiger partial charge in [-0.3, -0.25) is 4.79 Å². The normalized spacial score (nSPS) is 14.5. The minimum Gasteiger partial charge on any atom is -0.378 e. The average molecular weight is 361 g/mol. The van der Waals surface area contributed by atoms with Crippen LogP contribution in [0.2, 0.25) is 5.02 Å². The molecule has 1 aromatic carbocycles. The van der Waals surface area contributed by atoms with Gasteiger partial charge >= 0.3 is 0 Å². The van der Waals surface area contributed by atoms with Gasteiger partial charge in [-0.1, -0.05) is 17.7 Å². The number of hydrogen-bond acceptors (Lipinski definition) is 5. The van der Waals surface area contributed by atoms with Crippen LogP contribution in [0.4, 0.5) is 11.6 Å². The van der Waals surface area contributed by atoms with Crippen molar-refractivity contribution in [3.63, 3.8) is 0 Å². The fraction of sp³-hybridized carbons (Fsp3) is 0.389. The van der Waals surface area contributed by atoms with Gasteiger partial charge in [-0.2, -0.15) is 0 Å². The van der Waals surface area contributed by atoms with Crippen molar-refractivity contribution in [2.45, 2.75) is 20.8 Å². The molecule has 1 aliphatic rings. The molecule has 6 nitrogen and oxygen atoms in total. The molecule has 3 rings (SSSR count). The van der Waals surface area contributed by atoms with E-state index in [0.717, 1.165) is 16.8 Å². The second-order valence-electron chi connectivity index (χ2n) is 6.19. The Hall–Kier alpha value is -2.18. The molecule has 0 bridgehead atoms. The van der Waals surface area contributed by atoms with Crippen LogP contribution in [0.5, 0.6) is 0 Å². The van der Waals surface area contributed by atoms with Crippen molar-refractivity contribution in [3.05, 3.63) is 45.7 Å². The number of carbonyl (C=O) groups is 1. The monoisotopic (exact) mass is 360 g/mol. The lowest BCUT2D eigenvalue weighted by molar-refractivity contribution is 0.102. The van der Waals surface area contributed by atoms with Crippen LogP contribution in [0.15, 0.2) is 18.2 Å². The molecule has 0 spiro atoms. The first-order valence-electron chi connectivity index (χ1n) is 8.20. The van der Waals surface area contributed by atoms with E-state index < -0.39 is 0 Å². The van der Waals surface area contributed by atoms with Crippen LogP contribution < -0.4 is 10.2 Å². The topological polar surface area (TPSA) is 67.4 Å². The zero-order chi connectivity index (χ0) is 18.0. The van der Waals surface area contributed by atoms with Crippen molar-refractivity contribution in [3.8, 4) is 0 Å². The molecule has 2 heterocycles. The molecule has 1 fully saturated rings. The number of aryl methyl sites for hydroxylation is 3. The lowest BCUT2D eigenvalue weighted by Crippen LogP contribution is -2.37. The first kappa shape index (κ1) is 17.6. The summed E-state index contributed by atoms with van der Waals surface area (Å²) in [6.07, 6.45) is 0. The van der Waals surface area contributed by atoms with Crippen molar-refractivity contribution in [2.24, 2.45) is 0 Å². The summed E-state index contributed by atoms with van der Waals surface area (Å²) in [7, 11) is 0. The molecule has 0 aliphatic carbocycles. The van der Waals surface area contributed by atoms with E-state index in [1.54, 1.807) is 6.07 Å². The highest BCUT2D eigenvalue weighted by atomic mass is 35.5. The van der Waals surface area contributed by atoms with Gasteiger partial charge in [0.05, 0.1) is 23.9 Å². The SMILES string of the molecule is Cc1cc(C)c(NC(=O)c2cc(C)nc(N3CCOCC3)n2)c(Cl)c1. The number of morpholine rings is 1. The van der Waals surface area contributed by atoms with Crippen LogP contribution in [0, 0.1) is 20.8 Å². The Kier molecular flexibility index (Phi) is 5.20. The fourth-order valence-electron chi connectivity index (χ4n) is 2.83. The molecule has 0 radical (unpaired) electrons. The molecule has 1 aliphatic heterocycles. The number of nitrogens with one attached hydrogen (secondary N) is 1. The summed E-state index contributed by atoms with van der Waals surface area (Å²) in [5.41, 5.74) is 3.64. The Bertz CT molecular complexity index is 781. The summed E-state index contributed by atoms with van der Waals surface area (Å²) in [6.45, 7) is 8.44. The van der Waals surface area contributed by atoms with E-state index in [2.05, 4.69) is 15.3 Å². The molecule has 1 saturated heterocycles. The summed E-state index contributed by atoms with van der Waals surface area (Å²) >= 11 is 6.28. The highest BCUT2D eigenvalue weighted by Gasteiger charge is 2.18. The summed E-state index contributed by atoms with van der Waals surface area (Å²) in [4.78, 5) is 23.6. The summed E-state index contributed by atoms with van der Waals surface area (Å²) < 4.78 is 5.35. The van der Waals surface area contributed by atoms with Gasteiger partial charge in [0.15, 0.2) is 0 Å². The number of rotatable bonds is 3. The van der Waals surface area contributed by atoms with Crippen LogP contribution >= 0.6 is 11.6 Å². The molecule has 2 aromatic rings. The van der Waals surface area contributed by atoms with Gasteiger partial charge in [0, 0.05) is 18.8 Å². The minimum atomic E-state index is -0.297. The number of hydrogen-bond donors (Lipinski definition) is 1. The van der Waals surface area contributed by atoms with Crippen molar-refractivity contribution >= 4 is 29.1 Å². The van der Waals surface area contributed by atoms with Crippen LogP contribution in [-0.2, 0) is 4.74 Å². The zero-order valence-corrected chi connectivity index (χ0v) is 15.4. The van der Waals surface area contributed by atoms with Crippen molar-refractivity contribution < 1.29 is 9.53 Å². The van der Waals surface area contributed by atoms with Crippen molar-refractivity contribution in [1.29, 1.82) is 0 Å². The maximum Gasteiger partial charge on any atom is 0.274 e. The highest BCUT2D eigenvalue weighted by Crippen LogP contribution is 2.27. The number of anilines is 2. The quantitative estimate of drug-likeness (QED) is 0.910. The molecule has 0 atom stereocenters. The summed E-state index contributed by atoms with van der Waals surface area (Å²) in [5, 5.41) is 3.39. The first-order chi connectivity index (χ1) is 11.9. The van der Waals surface area contributed by atoms with E-state index in [1.165, 1.54) is 0 Å². The van der Waals surface area contributed by atoms with Crippen LogP contribution in [0.1, 0.15) is 27.3 Å². The van der Waals surface area contributed by atoms with E-state index in [1.807, 2.05) is 37.8 Å². The molecule has 132 valence electrons. The smallest absolute Gasteiger partial charge is 0.274 e. The Morgan fingerprint density at radius 3 is 2.56 bits per heavy atom. The van der Waals surface area contributed by atoms with E-state index in [-0.39, 0.29) is 5.91 Å². The molecule has 0 saturated carbocycles. The third-order valence-corrected chi connectivity index (χ3v) is 4.34. The summed E-state index contributed by atoms with van der Waals surface area (Å²) in [6, 6.07) is 5.48. The third kappa shape index (κ3) is 4.08. The number of aromatic nitrogens is 2. The predicted molar refractivity (Wildman–Crippen MR) is 98.7 cm³/mol. The number of halogens is 1. The Balaban J connectivity index is 1.86. The maximum atomic E-state index is 12.7. The van der Waals surface area contributed by atoms with E-state index in [4.69, 9.17) is 16.3 Å². The minimum absolute atomic E-state index is 0.297. The highest BCUT2D eigenvalue weighted by molar-refractivity contribution is 6.34. The number of amides is 1. The van der Waals surface area contributed by atoms with E-state index in [0.29, 0.717) is 48.7 Å². The standard InChI is InChI=1S/C18H21ClN4O2/c1-11-8-12(2)16(14(19)9-11)22-17(24)15-10-13(3)20-18(21-15)23-4-6-25-7-5-23/h8-10H,4-7H2,1-3H3,(H,22,24). The lowest BCUT2D eigenvalue weighted by atomic mass is 10.1. The number of nitrogens with zero attached hydrogens (tertiary/aromatic N) is 3. The second-order valence-corrected chi connectivity index (χ2v) is 6.59. The average Bonchev–Trinajstić information content (AvgIpc) is 2.58. The third-order valence-electron chi connectivity index (χ3n) is 4.04. The van der Waals surface area contributed by atoms with Gasteiger partial charge in [-0.25, -0.2) is 9.97 Å². The molecule has 1 amide bonds. The van der Waals surface area contributed by atoms with Crippen LogP contribution in [0.25, 0.3) is 0 Å². The van der Waals surface area contributed by atoms with Gasteiger partial charge in [-0.15, -0.1) is 0 Å². The molecule has 25 heavy (non-hydrogen) atoms. The van der Waals surface area contributed by atoms with Gasteiger partial charge in [0.1, 0.15) is 5.69 Å². The maximum absolute atomic E-state index is 12.7. The van der Waals surface area contributed by atoms with E-state index in [9.17, 15) is 4.79 Å². The first-order valence-corrected chi connectivity index (χ1v) is 8.58. The second kappa shape index (κ2) is 7.37. The molecule has 1 N–H and O–H groups in total.